The van der Waals surface area contributed by atoms with E-state index < -0.39 is 0 Å². The standard InChI is InChI=1S/C17H11Cl3N2OS/c1-9-2-4-11-14(6-9)24-16(15(11)20)17(23)22-21-8-10-3-5-12(18)13(19)7-10/h2-8H,1H3,(H,22,23). The Bertz CT molecular complexity index is 966. The minimum atomic E-state index is -0.352. The summed E-state index contributed by atoms with van der Waals surface area (Å²) in [6.45, 7) is 1.99. The molecule has 3 aromatic rings. The smallest absolute Gasteiger partial charge is 0.266 e. The van der Waals surface area contributed by atoms with E-state index in [2.05, 4.69) is 10.5 Å². The fraction of sp³-hybridized carbons (Fsp3) is 0.0588. The molecule has 122 valence electrons. The summed E-state index contributed by atoms with van der Waals surface area (Å²) in [4.78, 5) is 12.7. The Morgan fingerprint density at radius 1 is 1.12 bits per heavy atom. The number of rotatable bonds is 3. The molecule has 7 heteroatoms. The van der Waals surface area contributed by atoms with Crippen molar-refractivity contribution in [3.63, 3.8) is 0 Å². The average molecular weight is 398 g/mol. The number of aryl methyl sites for hydroxylation is 1. The van der Waals surface area contributed by atoms with Crippen LogP contribution in [0.2, 0.25) is 15.1 Å². The molecule has 0 saturated carbocycles. The maximum Gasteiger partial charge on any atom is 0.283 e. The van der Waals surface area contributed by atoms with Crippen LogP contribution in [-0.2, 0) is 0 Å². The van der Waals surface area contributed by atoms with Gasteiger partial charge in [-0.05, 0) is 36.2 Å². The number of hydrazone groups is 1. The third kappa shape index (κ3) is 3.57. The van der Waals surface area contributed by atoms with E-state index in [9.17, 15) is 4.79 Å². The van der Waals surface area contributed by atoms with E-state index in [4.69, 9.17) is 34.8 Å². The summed E-state index contributed by atoms with van der Waals surface area (Å²) in [5.74, 6) is -0.352. The van der Waals surface area contributed by atoms with Gasteiger partial charge in [0, 0.05) is 10.1 Å². The first kappa shape index (κ1) is 17.2. The summed E-state index contributed by atoms with van der Waals surface area (Å²) < 4.78 is 0.971. The molecule has 1 N–H and O–H groups in total. The summed E-state index contributed by atoms with van der Waals surface area (Å²) >= 11 is 19.4. The van der Waals surface area contributed by atoms with Crippen molar-refractivity contribution in [3.05, 3.63) is 67.5 Å². The van der Waals surface area contributed by atoms with Gasteiger partial charge in [0.25, 0.3) is 5.91 Å². The molecular formula is C17H11Cl3N2OS. The fourth-order valence-electron chi connectivity index (χ4n) is 2.13. The van der Waals surface area contributed by atoms with Gasteiger partial charge >= 0.3 is 0 Å². The number of amides is 1. The summed E-state index contributed by atoms with van der Waals surface area (Å²) in [5.41, 5.74) is 4.32. The molecular weight excluding hydrogens is 387 g/mol. The SMILES string of the molecule is Cc1ccc2c(Cl)c(C(=O)NN=Cc3ccc(Cl)c(Cl)c3)sc2c1. The molecule has 0 bridgehead atoms. The lowest BCUT2D eigenvalue weighted by atomic mass is 10.2. The lowest BCUT2D eigenvalue weighted by Crippen LogP contribution is -2.16. The zero-order chi connectivity index (χ0) is 17.3. The second-order valence-corrected chi connectivity index (χ2v) is 7.36. The molecule has 3 nitrogen and oxygen atoms in total. The Balaban J connectivity index is 1.78. The molecule has 0 aliphatic rings. The van der Waals surface area contributed by atoms with E-state index in [0.717, 1.165) is 21.2 Å². The first-order valence-electron chi connectivity index (χ1n) is 6.93. The Hall–Kier alpha value is -1.59. The maximum absolute atomic E-state index is 12.3. The topological polar surface area (TPSA) is 41.5 Å². The quantitative estimate of drug-likeness (QED) is 0.431. The van der Waals surface area contributed by atoms with Gasteiger partial charge < -0.3 is 0 Å². The molecule has 0 spiro atoms. The molecule has 0 radical (unpaired) electrons. The van der Waals surface area contributed by atoms with Crippen molar-refractivity contribution in [2.75, 3.05) is 0 Å². The zero-order valence-electron chi connectivity index (χ0n) is 12.4. The van der Waals surface area contributed by atoms with Gasteiger partial charge in [0.15, 0.2) is 0 Å². The molecule has 1 heterocycles. The van der Waals surface area contributed by atoms with Crippen LogP contribution < -0.4 is 5.43 Å². The maximum atomic E-state index is 12.3. The average Bonchev–Trinajstić information content (AvgIpc) is 2.87. The van der Waals surface area contributed by atoms with Crippen LogP contribution >= 0.6 is 46.1 Å². The number of carbonyl (C=O) groups excluding carboxylic acids is 1. The van der Waals surface area contributed by atoms with Crippen molar-refractivity contribution in [1.29, 1.82) is 0 Å². The Kier molecular flexibility index (Phi) is 5.11. The monoisotopic (exact) mass is 396 g/mol. The molecule has 3 rings (SSSR count). The second-order valence-electron chi connectivity index (χ2n) is 5.12. The van der Waals surface area contributed by atoms with Crippen molar-refractivity contribution < 1.29 is 4.79 Å². The lowest BCUT2D eigenvalue weighted by Gasteiger charge is -1.99. The highest BCUT2D eigenvalue weighted by Crippen LogP contribution is 2.35. The van der Waals surface area contributed by atoms with Crippen molar-refractivity contribution in [2.45, 2.75) is 6.92 Å². The molecule has 0 aliphatic carbocycles. The van der Waals surface area contributed by atoms with Gasteiger partial charge in [-0.1, -0.05) is 53.0 Å². The van der Waals surface area contributed by atoms with E-state index >= 15 is 0 Å². The van der Waals surface area contributed by atoms with Crippen molar-refractivity contribution in [3.8, 4) is 0 Å². The molecule has 0 saturated heterocycles. The number of fused-ring (bicyclic) bond motifs is 1. The largest absolute Gasteiger partial charge is 0.283 e. The summed E-state index contributed by atoms with van der Waals surface area (Å²) in [6, 6.07) is 11.0. The van der Waals surface area contributed by atoms with Crippen LogP contribution in [0.25, 0.3) is 10.1 Å². The number of hydrogen-bond acceptors (Lipinski definition) is 3. The van der Waals surface area contributed by atoms with Crippen LogP contribution in [0.4, 0.5) is 0 Å². The van der Waals surface area contributed by atoms with E-state index in [0.29, 0.717) is 19.9 Å². The molecule has 1 amide bonds. The molecule has 2 aromatic carbocycles. The van der Waals surface area contributed by atoms with E-state index in [-0.39, 0.29) is 5.91 Å². The highest BCUT2D eigenvalue weighted by Gasteiger charge is 2.16. The molecule has 24 heavy (non-hydrogen) atoms. The number of thiophene rings is 1. The fourth-order valence-corrected chi connectivity index (χ4v) is 3.94. The zero-order valence-corrected chi connectivity index (χ0v) is 15.5. The van der Waals surface area contributed by atoms with Crippen molar-refractivity contribution >= 4 is 68.3 Å². The summed E-state index contributed by atoms with van der Waals surface area (Å²) in [7, 11) is 0. The van der Waals surface area contributed by atoms with Gasteiger partial charge in [0.1, 0.15) is 4.88 Å². The number of nitrogens with zero attached hydrogens (tertiary/aromatic N) is 1. The number of benzene rings is 2. The normalized spacial score (nSPS) is 11.3. The highest BCUT2D eigenvalue weighted by molar-refractivity contribution is 7.21. The Labute approximate surface area is 157 Å². The first-order valence-corrected chi connectivity index (χ1v) is 8.88. The lowest BCUT2D eigenvalue weighted by molar-refractivity contribution is 0.0959. The van der Waals surface area contributed by atoms with E-state index in [1.54, 1.807) is 18.2 Å². The molecule has 0 atom stereocenters. The minimum absolute atomic E-state index is 0.352. The second kappa shape index (κ2) is 7.11. The molecule has 1 aromatic heterocycles. The number of halogens is 3. The van der Waals surface area contributed by atoms with Crippen LogP contribution in [0, 0.1) is 6.92 Å². The molecule has 0 fully saturated rings. The van der Waals surface area contributed by atoms with Crippen molar-refractivity contribution in [2.24, 2.45) is 5.10 Å². The number of hydrogen-bond donors (Lipinski definition) is 1. The first-order chi connectivity index (χ1) is 11.5. The Morgan fingerprint density at radius 2 is 1.92 bits per heavy atom. The van der Waals surface area contributed by atoms with E-state index in [1.807, 2.05) is 25.1 Å². The van der Waals surface area contributed by atoms with Crippen LogP contribution in [0.15, 0.2) is 41.5 Å². The highest BCUT2D eigenvalue weighted by atomic mass is 35.5. The van der Waals surface area contributed by atoms with E-state index in [1.165, 1.54) is 17.6 Å². The molecule has 0 unspecified atom stereocenters. The van der Waals surface area contributed by atoms with Crippen LogP contribution in [0.3, 0.4) is 0 Å². The molecule has 0 aliphatic heterocycles. The number of nitrogens with one attached hydrogen (secondary N) is 1. The minimum Gasteiger partial charge on any atom is -0.266 e. The van der Waals surface area contributed by atoms with Gasteiger partial charge in [0.05, 0.1) is 21.3 Å². The third-order valence-corrected chi connectivity index (χ3v) is 5.71. The predicted molar refractivity (Wildman–Crippen MR) is 103 cm³/mol. The van der Waals surface area contributed by atoms with Crippen molar-refractivity contribution in [1.82, 2.24) is 5.43 Å². The number of carbonyl (C=O) groups is 1. The van der Waals surface area contributed by atoms with Gasteiger partial charge in [-0.3, -0.25) is 4.79 Å². The Morgan fingerprint density at radius 3 is 2.67 bits per heavy atom. The van der Waals surface area contributed by atoms with Crippen LogP contribution in [0.5, 0.6) is 0 Å². The summed E-state index contributed by atoms with van der Waals surface area (Å²) in [6.07, 6.45) is 1.49. The van der Waals surface area contributed by atoms with Crippen LogP contribution in [-0.4, -0.2) is 12.1 Å². The predicted octanol–water partition coefficient (Wildman–Crippen LogP) is 5.93. The van der Waals surface area contributed by atoms with Crippen LogP contribution in [0.1, 0.15) is 20.8 Å². The van der Waals surface area contributed by atoms with Gasteiger partial charge in [-0.2, -0.15) is 5.10 Å². The van der Waals surface area contributed by atoms with Gasteiger partial charge in [0.2, 0.25) is 0 Å². The van der Waals surface area contributed by atoms with Gasteiger partial charge in [-0.15, -0.1) is 11.3 Å². The summed E-state index contributed by atoms with van der Waals surface area (Å²) in [5, 5.41) is 6.14. The van der Waals surface area contributed by atoms with Gasteiger partial charge in [-0.25, -0.2) is 5.43 Å². The third-order valence-electron chi connectivity index (χ3n) is 3.31.